The zero-order valence-corrected chi connectivity index (χ0v) is 12.8. The van der Waals surface area contributed by atoms with Crippen LogP contribution in [0.3, 0.4) is 0 Å². The van der Waals surface area contributed by atoms with Crippen molar-refractivity contribution in [1.29, 1.82) is 0 Å². The summed E-state index contributed by atoms with van der Waals surface area (Å²) >= 11 is 0. The molecule has 1 N–H and O–H groups in total. The van der Waals surface area contributed by atoms with Crippen LogP contribution in [0, 0.1) is 13.8 Å². The highest BCUT2D eigenvalue weighted by atomic mass is 15.3. The summed E-state index contributed by atoms with van der Waals surface area (Å²) in [6.07, 6.45) is 2.03. The molecule has 108 valence electrons. The lowest BCUT2D eigenvalue weighted by atomic mass is 10.1. The van der Waals surface area contributed by atoms with Gasteiger partial charge in [0.25, 0.3) is 0 Å². The summed E-state index contributed by atoms with van der Waals surface area (Å²) in [5.74, 6) is 0. The van der Waals surface area contributed by atoms with E-state index in [1.54, 1.807) is 0 Å². The van der Waals surface area contributed by atoms with Crippen molar-refractivity contribution in [3.8, 4) is 0 Å². The number of hydrogen-bond donors (Lipinski definition) is 1. The molecule has 0 aliphatic carbocycles. The lowest BCUT2D eigenvalue weighted by molar-refractivity contribution is 0.501. The number of nitrogens with one attached hydrogen (secondary N) is 1. The van der Waals surface area contributed by atoms with Crippen LogP contribution in [-0.4, -0.2) is 21.3 Å². The smallest absolute Gasteiger partial charge is 0.0596 e. The van der Waals surface area contributed by atoms with Gasteiger partial charge in [-0.3, -0.25) is 9.67 Å². The van der Waals surface area contributed by atoms with Gasteiger partial charge < -0.3 is 5.32 Å². The van der Waals surface area contributed by atoms with Gasteiger partial charge in [-0.15, -0.1) is 0 Å². The van der Waals surface area contributed by atoms with Crippen LogP contribution in [0.25, 0.3) is 0 Å². The Morgan fingerprint density at radius 3 is 2.65 bits per heavy atom. The molecule has 0 saturated carbocycles. The van der Waals surface area contributed by atoms with Gasteiger partial charge in [0.05, 0.1) is 17.4 Å². The van der Waals surface area contributed by atoms with Gasteiger partial charge in [0.15, 0.2) is 0 Å². The van der Waals surface area contributed by atoms with Crippen molar-refractivity contribution in [2.45, 2.75) is 39.7 Å². The molecule has 4 heteroatoms. The maximum Gasteiger partial charge on any atom is 0.0596 e. The largest absolute Gasteiger partial charge is 0.308 e. The van der Waals surface area contributed by atoms with E-state index in [4.69, 9.17) is 0 Å². The standard InChI is InChI=1S/C16H24N4/c1-5-9-17-16(15-8-6-7-12(2)18-15)11-14-10-13(3)19-20(14)4/h6-8,10,16-17H,5,9,11H2,1-4H3. The van der Waals surface area contributed by atoms with Crippen molar-refractivity contribution in [1.82, 2.24) is 20.1 Å². The Hall–Kier alpha value is -1.68. The SMILES string of the molecule is CCCNC(Cc1cc(C)nn1C)c1cccc(C)n1. The average Bonchev–Trinajstić information content (AvgIpc) is 2.72. The topological polar surface area (TPSA) is 42.7 Å². The van der Waals surface area contributed by atoms with E-state index in [1.807, 2.05) is 31.6 Å². The van der Waals surface area contributed by atoms with Crippen molar-refractivity contribution >= 4 is 0 Å². The van der Waals surface area contributed by atoms with Crippen LogP contribution in [0.4, 0.5) is 0 Å². The van der Waals surface area contributed by atoms with Crippen molar-refractivity contribution in [2.75, 3.05) is 6.54 Å². The molecule has 2 aromatic rings. The summed E-state index contributed by atoms with van der Waals surface area (Å²) in [7, 11) is 2.00. The fourth-order valence-electron chi connectivity index (χ4n) is 2.42. The minimum atomic E-state index is 0.240. The molecule has 0 aromatic carbocycles. The fraction of sp³-hybridized carbons (Fsp3) is 0.500. The van der Waals surface area contributed by atoms with E-state index in [9.17, 15) is 0 Å². The van der Waals surface area contributed by atoms with Crippen LogP contribution < -0.4 is 5.32 Å². The minimum Gasteiger partial charge on any atom is -0.308 e. The highest BCUT2D eigenvalue weighted by molar-refractivity contribution is 5.17. The van der Waals surface area contributed by atoms with Crippen LogP contribution in [-0.2, 0) is 13.5 Å². The number of rotatable bonds is 6. The van der Waals surface area contributed by atoms with Gasteiger partial charge in [-0.05, 0) is 45.0 Å². The van der Waals surface area contributed by atoms with E-state index >= 15 is 0 Å². The number of hydrogen-bond acceptors (Lipinski definition) is 3. The molecule has 0 saturated heterocycles. The Bertz CT molecular complexity index is 559. The van der Waals surface area contributed by atoms with Gasteiger partial charge in [-0.25, -0.2) is 0 Å². The molecule has 4 nitrogen and oxygen atoms in total. The first kappa shape index (κ1) is 14.7. The normalized spacial score (nSPS) is 12.6. The summed E-state index contributed by atoms with van der Waals surface area (Å²) in [5.41, 5.74) is 4.47. The van der Waals surface area contributed by atoms with Crippen molar-refractivity contribution in [3.05, 3.63) is 47.0 Å². The van der Waals surface area contributed by atoms with Crippen molar-refractivity contribution in [2.24, 2.45) is 7.05 Å². The fourth-order valence-corrected chi connectivity index (χ4v) is 2.42. The van der Waals surface area contributed by atoms with Crippen LogP contribution in [0.5, 0.6) is 0 Å². The molecule has 0 bridgehead atoms. The molecule has 0 radical (unpaired) electrons. The lowest BCUT2D eigenvalue weighted by Gasteiger charge is -2.18. The summed E-state index contributed by atoms with van der Waals surface area (Å²) < 4.78 is 1.96. The zero-order valence-electron chi connectivity index (χ0n) is 12.8. The second kappa shape index (κ2) is 6.66. The van der Waals surface area contributed by atoms with Gasteiger partial charge >= 0.3 is 0 Å². The molecule has 1 unspecified atom stereocenters. The van der Waals surface area contributed by atoms with Crippen molar-refractivity contribution in [3.63, 3.8) is 0 Å². The first-order valence-corrected chi connectivity index (χ1v) is 7.26. The van der Waals surface area contributed by atoms with Gasteiger partial charge in [-0.2, -0.15) is 5.10 Å². The van der Waals surface area contributed by atoms with E-state index in [0.717, 1.165) is 36.5 Å². The maximum absolute atomic E-state index is 4.67. The average molecular weight is 272 g/mol. The van der Waals surface area contributed by atoms with E-state index < -0.39 is 0 Å². The summed E-state index contributed by atoms with van der Waals surface area (Å²) in [6, 6.07) is 8.60. The number of nitrogens with zero attached hydrogens (tertiary/aromatic N) is 3. The Kier molecular flexibility index (Phi) is 4.90. The van der Waals surface area contributed by atoms with E-state index in [0.29, 0.717) is 0 Å². The summed E-state index contributed by atoms with van der Waals surface area (Å²) in [4.78, 5) is 4.67. The highest BCUT2D eigenvalue weighted by Gasteiger charge is 2.15. The lowest BCUT2D eigenvalue weighted by Crippen LogP contribution is -2.26. The molecule has 0 fully saturated rings. The summed E-state index contributed by atoms with van der Waals surface area (Å²) in [5, 5.41) is 8.02. The Balaban J connectivity index is 2.21. The Morgan fingerprint density at radius 2 is 2.05 bits per heavy atom. The zero-order chi connectivity index (χ0) is 14.5. The molecule has 2 aromatic heterocycles. The first-order valence-electron chi connectivity index (χ1n) is 7.26. The predicted octanol–water partition coefficient (Wildman–Crippen LogP) is 2.72. The van der Waals surface area contributed by atoms with Gasteiger partial charge in [0.2, 0.25) is 0 Å². The van der Waals surface area contributed by atoms with Gasteiger partial charge in [0.1, 0.15) is 0 Å². The van der Waals surface area contributed by atoms with Crippen LogP contribution in [0.2, 0.25) is 0 Å². The molecule has 1 atom stereocenters. The molecular weight excluding hydrogens is 248 g/mol. The number of aromatic nitrogens is 3. The number of aryl methyl sites for hydroxylation is 3. The third-order valence-corrected chi connectivity index (χ3v) is 3.42. The van der Waals surface area contributed by atoms with Gasteiger partial charge in [0, 0.05) is 24.9 Å². The molecule has 2 heterocycles. The molecule has 0 spiro atoms. The molecule has 0 aliphatic rings. The Morgan fingerprint density at radius 1 is 1.25 bits per heavy atom. The van der Waals surface area contributed by atoms with Crippen LogP contribution in [0.1, 0.15) is 42.2 Å². The third kappa shape index (κ3) is 3.67. The molecular formula is C16H24N4. The molecule has 0 amide bonds. The molecule has 0 aliphatic heterocycles. The van der Waals surface area contributed by atoms with Crippen LogP contribution >= 0.6 is 0 Å². The molecule has 20 heavy (non-hydrogen) atoms. The minimum absolute atomic E-state index is 0.240. The monoisotopic (exact) mass is 272 g/mol. The van der Waals surface area contributed by atoms with Crippen LogP contribution in [0.15, 0.2) is 24.3 Å². The second-order valence-electron chi connectivity index (χ2n) is 5.32. The first-order chi connectivity index (χ1) is 9.60. The van der Waals surface area contributed by atoms with Crippen molar-refractivity contribution < 1.29 is 0 Å². The van der Waals surface area contributed by atoms with E-state index in [2.05, 4.69) is 40.5 Å². The second-order valence-corrected chi connectivity index (χ2v) is 5.32. The quantitative estimate of drug-likeness (QED) is 0.879. The summed E-state index contributed by atoms with van der Waals surface area (Å²) in [6.45, 7) is 7.25. The third-order valence-electron chi connectivity index (χ3n) is 3.42. The Labute approximate surface area is 121 Å². The van der Waals surface area contributed by atoms with Gasteiger partial charge in [-0.1, -0.05) is 13.0 Å². The maximum atomic E-state index is 4.67. The number of pyridine rings is 1. The predicted molar refractivity (Wildman–Crippen MR) is 81.7 cm³/mol. The molecule has 2 rings (SSSR count). The highest BCUT2D eigenvalue weighted by Crippen LogP contribution is 2.17. The van der Waals surface area contributed by atoms with E-state index in [-0.39, 0.29) is 6.04 Å². The van der Waals surface area contributed by atoms with E-state index in [1.165, 1.54) is 5.69 Å².